The Kier molecular flexibility index (Phi) is 3.46. The molecule has 0 fully saturated rings. The van der Waals surface area contributed by atoms with E-state index in [1.165, 1.54) is 42.1 Å². The predicted molar refractivity (Wildman–Crippen MR) is 108 cm³/mol. The summed E-state index contributed by atoms with van der Waals surface area (Å²) in [7, 11) is 0. The molecular weight excluding hydrogens is 320 g/mol. The lowest BCUT2D eigenvalue weighted by molar-refractivity contribution is 1.43. The normalized spacial score (nSPS) is 11.4. The molecule has 0 aliphatic rings. The number of fused-ring (bicyclic) bond motifs is 3. The average molecular weight is 335 g/mol. The molecule has 1 radical (unpaired) electrons. The minimum atomic E-state index is 1.24. The first-order valence-corrected chi connectivity index (χ1v) is 9.18. The van der Waals surface area contributed by atoms with Crippen molar-refractivity contribution >= 4 is 44.1 Å². The minimum Gasteiger partial charge on any atom is -0.0894 e. The summed E-state index contributed by atoms with van der Waals surface area (Å²) >= 11 is 1.81. The van der Waals surface area contributed by atoms with Crippen LogP contribution in [0.25, 0.3) is 32.3 Å². The Hall–Kier alpha value is -2.77. The van der Waals surface area contributed by atoms with E-state index in [1.54, 1.807) is 0 Å². The Bertz CT molecular complexity index is 1210. The van der Waals surface area contributed by atoms with Gasteiger partial charge in [0.25, 0.3) is 0 Å². The van der Waals surface area contributed by atoms with E-state index in [9.17, 15) is 0 Å². The van der Waals surface area contributed by atoms with E-state index >= 15 is 0 Å². The van der Waals surface area contributed by atoms with Crippen LogP contribution in [0.3, 0.4) is 0 Å². The van der Waals surface area contributed by atoms with E-state index in [0.29, 0.717) is 0 Å². The second-order valence-electron chi connectivity index (χ2n) is 6.21. The maximum Gasteiger partial charge on any atom is 0.0201 e. The van der Waals surface area contributed by atoms with E-state index in [1.807, 2.05) is 23.9 Å². The predicted octanol–water partition coefficient (Wildman–Crippen LogP) is 7.10. The van der Waals surface area contributed by atoms with Crippen molar-refractivity contribution in [3.8, 4) is 0 Å². The maximum atomic E-state index is 3.08. The van der Waals surface area contributed by atoms with Crippen LogP contribution in [0, 0.1) is 6.07 Å². The van der Waals surface area contributed by atoms with Gasteiger partial charge in [-0.2, -0.15) is 0 Å². The van der Waals surface area contributed by atoms with Crippen LogP contribution in [0.1, 0.15) is 0 Å². The molecule has 5 aromatic rings. The van der Waals surface area contributed by atoms with E-state index < -0.39 is 0 Å². The molecular formula is C24H15S. The summed E-state index contributed by atoms with van der Waals surface area (Å²) in [6.45, 7) is 0. The third kappa shape index (κ3) is 2.67. The number of hydrogen-bond acceptors (Lipinski definition) is 1. The molecule has 25 heavy (non-hydrogen) atoms. The first-order chi connectivity index (χ1) is 12.4. The zero-order valence-electron chi connectivity index (χ0n) is 13.6. The molecule has 1 heteroatoms. The lowest BCUT2D eigenvalue weighted by Crippen LogP contribution is -1.82. The lowest BCUT2D eigenvalue weighted by Gasteiger charge is -2.09. The third-order valence-electron chi connectivity index (χ3n) is 4.58. The highest BCUT2D eigenvalue weighted by atomic mass is 32.2. The molecule has 0 aliphatic carbocycles. The fourth-order valence-electron chi connectivity index (χ4n) is 3.35. The van der Waals surface area contributed by atoms with E-state index in [-0.39, 0.29) is 0 Å². The van der Waals surface area contributed by atoms with Gasteiger partial charge < -0.3 is 0 Å². The number of hydrogen-bond donors (Lipinski definition) is 0. The van der Waals surface area contributed by atoms with Crippen molar-refractivity contribution in [2.24, 2.45) is 0 Å². The van der Waals surface area contributed by atoms with Crippen molar-refractivity contribution in [2.45, 2.75) is 9.79 Å². The van der Waals surface area contributed by atoms with Gasteiger partial charge >= 0.3 is 0 Å². The van der Waals surface area contributed by atoms with Gasteiger partial charge in [-0.3, -0.25) is 0 Å². The molecule has 0 aliphatic heterocycles. The zero-order chi connectivity index (χ0) is 16.6. The van der Waals surface area contributed by atoms with Crippen molar-refractivity contribution in [2.75, 3.05) is 0 Å². The summed E-state index contributed by atoms with van der Waals surface area (Å²) in [5.74, 6) is 0. The highest BCUT2D eigenvalue weighted by molar-refractivity contribution is 7.99. The summed E-state index contributed by atoms with van der Waals surface area (Å²) < 4.78 is 0. The van der Waals surface area contributed by atoms with Gasteiger partial charge in [-0.05, 0) is 80.8 Å². The summed E-state index contributed by atoms with van der Waals surface area (Å²) in [4.78, 5) is 2.53. The van der Waals surface area contributed by atoms with Crippen molar-refractivity contribution in [3.05, 3.63) is 97.1 Å². The van der Waals surface area contributed by atoms with Gasteiger partial charge in [0.2, 0.25) is 0 Å². The van der Waals surface area contributed by atoms with E-state index in [4.69, 9.17) is 0 Å². The summed E-state index contributed by atoms with van der Waals surface area (Å²) in [5, 5.41) is 7.76. The molecule has 0 saturated heterocycles. The highest BCUT2D eigenvalue weighted by Crippen LogP contribution is 2.36. The topological polar surface area (TPSA) is 0 Å². The Morgan fingerprint density at radius 1 is 0.560 bits per heavy atom. The van der Waals surface area contributed by atoms with Crippen molar-refractivity contribution < 1.29 is 0 Å². The molecule has 0 nitrogen and oxygen atoms in total. The highest BCUT2D eigenvalue weighted by Gasteiger charge is 2.06. The molecule has 0 N–H and O–H groups in total. The van der Waals surface area contributed by atoms with Crippen LogP contribution >= 0.6 is 11.8 Å². The minimum absolute atomic E-state index is 1.24. The molecule has 5 aromatic carbocycles. The van der Waals surface area contributed by atoms with Crippen LogP contribution in [0.2, 0.25) is 0 Å². The number of rotatable bonds is 2. The van der Waals surface area contributed by atoms with Gasteiger partial charge in [-0.1, -0.05) is 60.3 Å². The van der Waals surface area contributed by atoms with Gasteiger partial charge in [0.15, 0.2) is 0 Å². The molecule has 0 bridgehead atoms. The Labute approximate surface area is 151 Å². The lowest BCUT2D eigenvalue weighted by atomic mass is 10.00. The van der Waals surface area contributed by atoms with Crippen LogP contribution < -0.4 is 0 Å². The van der Waals surface area contributed by atoms with Gasteiger partial charge in [0, 0.05) is 9.79 Å². The fraction of sp³-hybridized carbons (Fsp3) is 0. The molecule has 0 aromatic heterocycles. The largest absolute Gasteiger partial charge is 0.0894 e. The smallest absolute Gasteiger partial charge is 0.0201 e. The molecule has 0 unspecified atom stereocenters. The zero-order valence-corrected chi connectivity index (χ0v) is 14.4. The quantitative estimate of drug-likeness (QED) is 0.310. The van der Waals surface area contributed by atoms with Crippen LogP contribution in [-0.4, -0.2) is 0 Å². The van der Waals surface area contributed by atoms with Gasteiger partial charge in [0.1, 0.15) is 0 Å². The third-order valence-corrected chi connectivity index (χ3v) is 5.66. The van der Waals surface area contributed by atoms with Gasteiger partial charge in [0.05, 0.1) is 0 Å². The number of benzene rings is 5. The van der Waals surface area contributed by atoms with Crippen molar-refractivity contribution in [1.82, 2.24) is 0 Å². The Morgan fingerprint density at radius 3 is 1.96 bits per heavy atom. The van der Waals surface area contributed by atoms with Crippen LogP contribution in [-0.2, 0) is 0 Å². The molecule has 5 rings (SSSR count). The first kappa shape index (κ1) is 14.6. The van der Waals surface area contributed by atoms with Crippen LogP contribution in [0.5, 0.6) is 0 Å². The fourth-order valence-corrected chi connectivity index (χ4v) is 4.30. The van der Waals surface area contributed by atoms with Gasteiger partial charge in [-0.25, -0.2) is 0 Å². The maximum absolute atomic E-state index is 3.08. The summed E-state index contributed by atoms with van der Waals surface area (Å²) in [6, 6.07) is 35.6. The molecule has 0 atom stereocenters. The monoisotopic (exact) mass is 335 g/mol. The summed E-state index contributed by atoms with van der Waals surface area (Å²) in [6.07, 6.45) is 0. The van der Waals surface area contributed by atoms with Crippen molar-refractivity contribution in [3.63, 3.8) is 0 Å². The van der Waals surface area contributed by atoms with Gasteiger partial charge in [-0.15, -0.1) is 0 Å². The van der Waals surface area contributed by atoms with E-state index in [2.05, 4.69) is 84.9 Å². The first-order valence-electron chi connectivity index (χ1n) is 8.36. The second-order valence-corrected chi connectivity index (χ2v) is 7.33. The second kappa shape index (κ2) is 5.94. The molecule has 0 heterocycles. The van der Waals surface area contributed by atoms with Crippen LogP contribution in [0.15, 0.2) is 101 Å². The standard InChI is InChI=1S/C24H15S/c1-2-10-22(11-3-1)25-24-12-6-9-19-15-20-13-17-7-4-5-8-18(17)14-21(20)16-23(19)24/h2-16H. The Balaban J connectivity index is 1.74. The Morgan fingerprint density at radius 2 is 1.20 bits per heavy atom. The molecule has 0 saturated carbocycles. The SMILES string of the molecule is [c]1ccc(Sc2cccc3cc4cc5ccccc5cc4cc23)cc1. The van der Waals surface area contributed by atoms with Crippen LogP contribution in [0.4, 0.5) is 0 Å². The van der Waals surface area contributed by atoms with Crippen molar-refractivity contribution in [1.29, 1.82) is 0 Å². The molecule has 0 amide bonds. The molecule has 0 spiro atoms. The average Bonchev–Trinajstić information content (AvgIpc) is 2.66. The van der Waals surface area contributed by atoms with E-state index in [0.717, 1.165) is 0 Å². The molecule has 117 valence electrons. The summed E-state index contributed by atoms with van der Waals surface area (Å²) in [5.41, 5.74) is 0.